The Hall–Kier alpha value is -2.14. The number of ether oxygens (including phenoxy) is 1. The predicted octanol–water partition coefficient (Wildman–Crippen LogP) is 4.02. The molecule has 2 rings (SSSR count). The minimum atomic E-state index is -0.897. The Kier molecular flexibility index (Phi) is 4.75. The lowest BCUT2D eigenvalue weighted by Crippen LogP contribution is -2.30. The number of carbonyl (C=O) groups is 1. The standard InChI is InChI=1S/C15H12ClF2NO2/c1-9(21-12-4-2-3-10(16)7-12)15(20)19-14-8-11(17)5-6-13(14)18/h2-9H,1H3,(H,19,20)/t9-/m0/s1. The summed E-state index contributed by atoms with van der Waals surface area (Å²) in [5.41, 5.74) is -0.235. The van der Waals surface area contributed by atoms with Crippen LogP contribution in [0.25, 0.3) is 0 Å². The molecule has 3 nitrogen and oxygen atoms in total. The average Bonchev–Trinajstić information content (AvgIpc) is 2.43. The summed E-state index contributed by atoms with van der Waals surface area (Å²) in [5.74, 6) is -1.56. The van der Waals surface area contributed by atoms with Crippen molar-refractivity contribution in [3.63, 3.8) is 0 Å². The maximum absolute atomic E-state index is 13.4. The Labute approximate surface area is 125 Å². The minimum Gasteiger partial charge on any atom is -0.481 e. The van der Waals surface area contributed by atoms with Crippen LogP contribution < -0.4 is 10.1 Å². The summed E-state index contributed by atoms with van der Waals surface area (Å²) in [6.07, 6.45) is -0.897. The van der Waals surface area contributed by atoms with Gasteiger partial charge in [0.1, 0.15) is 17.4 Å². The maximum Gasteiger partial charge on any atom is 0.265 e. The quantitative estimate of drug-likeness (QED) is 0.926. The van der Waals surface area contributed by atoms with Crippen LogP contribution in [0.3, 0.4) is 0 Å². The third kappa shape index (κ3) is 4.16. The van der Waals surface area contributed by atoms with Crippen LogP contribution in [0, 0.1) is 11.6 Å². The van der Waals surface area contributed by atoms with Gasteiger partial charge in [-0.25, -0.2) is 8.78 Å². The molecule has 2 aromatic rings. The van der Waals surface area contributed by atoms with Crippen molar-refractivity contribution < 1.29 is 18.3 Å². The fraction of sp³-hybridized carbons (Fsp3) is 0.133. The Morgan fingerprint density at radius 1 is 1.24 bits per heavy atom. The van der Waals surface area contributed by atoms with Crippen LogP contribution in [0.15, 0.2) is 42.5 Å². The van der Waals surface area contributed by atoms with E-state index in [4.69, 9.17) is 16.3 Å². The normalized spacial score (nSPS) is 11.8. The summed E-state index contributed by atoms with van der Waals surface area (Å²) < 4.78 is 31.8. The van der Waals surface area contributed by atoms with Crippen LogP contribution in [0.4, 0.5) is 14.5 Å². The summed E-state index contributed by atoms with van der Waals surface area (Å²) in [6.45, 7) is 1.49. The average molecular weight is 312 g/mol. The number of hydrogen-bond donors (Lipinski definition) is 1. The first-order valence-corrected chi connectivity index (χ1v) is 6.51. The van der Waals surface area contributed by atoms with E-state index in [9.17, 15) is 13.6 Å². The highest BCUT2D eigenvalue weighted by Gasteiger charge is 2.17. The van der Waals surface area contributed by atoms with Gasteiger partial charge in [0.05, 0.1) is 5.69 Å². The zero-order valence-corrected chi connectivity index (χ0v) is 11.8. The zero-order chi connectivity index (χ0) is 15.4. The SMILES string of the molecule is C[C@H](Oc1cccc(Cl)c1)C(=O)Nc1cc(F)ccc1F. The molecular formula is C15H12ClF2NO2. The maximum atomic E-state index is 13.4. The van der Waals surface area contributed by atoms with Gasteiger partial charge in [0.15, 0.2) is 6.10 Å². The molecule has 0 bridgehead atoms. The number of halogens is 3. The van der Waals surface area contributed by atoms with Crippen LogP contribution in [0.5, 0.6) is 5.75 Å². The van der Waals surface area contributed by atoms with Gasteiger partial charge in [0.25, 0.3) is 5.91 Å². The molecule has 0 spiro atoms. The largest absolute Gasteiger partial charge is 0.481 e. The summed E-state index contributed by atoms with van der Waals surface area (Å²) in [7, 11) is 0. The molecule has 0 saturated heterocycles. The van der Waals surface area contributed by atoms with Crippen molar-refractivity contribution in [1.82, 2.24) is 0 Å². The van der Waals surface area contributed by atoms with Gasteiger partial charge in [-0.1, -0.05) is 17.7 Å². The van der Waals surface area contributed by atoms with Crippen molar-refractivity contribution in [3.8, 4) is 5.75 Å². The number of hydrogen-bond acceptors (Lipinski definition) is 2. The van der Waals surface area contributed by atoms with E-state index in [-0.39, 0.29) is 5.69 Å². The predicted molar refractivity (Wildman–Crippen MR) is 76.5 cm³/mol. The van der Waals surface area contributed by atoms with E-state index >= 15 is 0 Å². The second kappa shape index (κ2) is 6.54. The molecular weight excluding hydrogens is 300 g/mol. The molecule has 1 amide bonds. The Morgan fingerprint density at radius 2 is 2.00 bits per heavy atom. The van der Waals surface area contributed by atoms with E-state index in [1.54, 1.807) is 24.3 Å². The molecule has 0 aliphatic carbocycles. The van der Waals surface area contributed by atoms with Crippen molar-refractivity contribution in [2.24, 2.45) is 0 Å². The van der Waals surface area contributed by atoms with Crippen LogP contribution in [-0.2, 0) is 4.79 Å². The summed E-state index contributed by atoms with van der Waals surface area (Å²) in [4.78, 5) is 11.9. The topological polar surface area (TPSA) is 38.3 Å². The first-order valence-electron chi connectivity index (χ1n) is 6.14. The molecule has 0 unspecified atom stereocenters. The molecule has 0 aliphatic rings. The van der Waals surface area contributed by atoms with Gasteiger partial charge in [0.2, 0.25) is 0 Å². The number of anilines is 1. The van der Waals surface area contributed by atoms with Crippen LogP contribution in [0.2, 0.25) is 5.02 Å². The van der Waals surface area contributed by atoms with Crippen LogP contribution in [-0.4, -0.2) is 12.0 Å². The molecule has 110 valence electrons. The number of amides is 1. The number of benzene rings is 2. The number of carbonyl (C=O) groups excluding carboxylic acids is 1. The van der Waals surface area contributed by atoms with Crippen LogP contribution in [0.1, 0.15) is 6.92 Å². The summed E-state index contributed by atoms with van der Waals surface area (Å²) in [6, 6.07) is 9.34. The molecule has 0 fully saturated rings. The molecule has 1 atom stereocenters. The first-order chi connectivity index (χ1) is 9.95. The highest BCUT2D eigenvalue weighted by Crippen LogP contribution is 2.19. The van der Waals surface area contributed by atoms with E-state index in [1.165, 1.54) is 6.92 Å². The first kappa shape index (κ1) is 15.3. The van der Waals surface area contributed by atoms with Gasteiger partial charge >= 0.3 is 0 Å². The van der Waals surface area contributed by atoms with Crippen molar-refractivity contribution >= 4 is 23.2 Å². The van der Waals surface area contributed by atoms with Gasteiger partial charge in [-0.3, -0.25) is 4.79 Å². The van der Waals surface area contributed by atoms with Crippen molar-refractivity contribution in [2.45, 2.75) is 13.0 Å². The van der Waals surface area contributed by atoms with Gasteiger partial charge in [-0.2, -0.15) is 0 Å². The molecule has 0 aliphatic heterocycles. The zero-order valence-electron chi connectivity index (χ0n) is 11.1. The van der Waals surface area contributed by atoms with Crippen molar-refractivity contribution in [3.05, 3.63) is 59.1 Å². The second-order valence-electron chi connectivity index (χ2n) is 4.33. The molecule has 0 aromatic heterocycles. The van der Waals surface area contributed by atoms with Crippen molar-refractivity contribution in [2.75, 3.05) is 5.32 Å². The van der Waals surface area contributed by atoms with Gasteiger partial charge < -0.3 is 10.1 Å². The molecule has 21 heavy (non-hydrogen) atoms. The second-order valence-corrected chi connectivity index (χ2v) is 4.77. The Bertz CT molecular complexity index is 664. The number of rotatable bonds is 4. The Balaban J connectivity index is 2.04. The molecule has 0 saturated carbocycles. The monoisotopic (exact) mass is 311 g/mol. The van der Waals surface area contributed by atoms with Gasteiger partial charge in [-0.05, 0) is 37.3 Å². The van der Waals surface area contributed by atoms with Gasteiger partial charge in [0, 0.05) is 11.1 Å². The number of nitrogens with one attached hydrogen (secondary N) is 1. The fourth-order valence-electron chi connectivity index (χ4n) is 1.63. The van der Waals surface area contributed by atoms with Gasteiger partial charge in [-0.15, -0.1) is 0 Å². The third-order valence-corrected chi connectivity index (χ3v) is 2.90. The van der Waals surface area contributed by atoms with E-state index in [0.29, 0.717) is 10.8 Å². The fourth-order valence-corrected chi connectivity index (χ4v) is 1.81. The highest BCUT2D eigenvalue weighted by molar-refractivity contribution is 6.30. The van der Waals surface area contributed by atoms with E-state index < -0.39 is 23.6 Å². The lowest BCUT2D eigenvalue weighted by atomic mass is 10.2. The third-order valence-electron chi connectivity index (χ3n) is 2.66. The molecule has 1 N–H and O–H groups in total. The molecule has 0 radical (unpaired) electrons. The van der Waals surface area contributed by atoms with Crippen LogP contribution >= 0.6 is 11.6 Å². The lowest BCUT2D eigenvalue weighted by Gasteiger charge is -2.15. The minimum absolute atomic E-state index is 0.235. The molecule has 2 aromatic carbocycles. The molecule has 0 heterocycles. The van der Waals surface area contributed by atoms with Crippen molar-refractivity contribution in [1.29, 1.82) is 0 Å². The summed E-state index contributed by atoms with van der Waals surface area (Å²) in [5, 5.41) is 2.74. The van der Waals surface area contributed by atoms with E-state index in [0.717, 1.165) is 18.2 Å². The lowest BCUT2D eigenvalue weighted by molar-refractivity contribution is -0.122. The summed E-state index contributed by atoms with van der Waals surface area (Å²) >= 11 is 5.80. The smallest absolute Gasteiger partial charge is 0.265 e. The highest BCUT2D eigenvalue weighted by atomic mass is 35.5. The van der Waals surface area contributed by atoms with E-state index in [1.807, 2.05) is 0 Å². The Morgan fingerprint density at radius 3 is 2.71 bits per heavy atom. The van der Waals surface area contributed by atoms with E-state index in [2.05, 4.69) is 5.32 Å². The molecule has 6 heteroatoms.